The Kier molecular flexibility index (Phi) is 3.71. The molecule has 1 aromatic heterocycles. The summed E-state index contributed by atoms with van der Waals surface area (Å²) in [5, 5.41) is 12.1. The molecule has 0 saturated carbocycles. The van der Waals surface area contributed by atoms with E-state index in [0.717, 1.165) is 30.5 Å². The highest BCUT2D eigenvalue weighted by Gasteiger charge is 2.17. The fourth-order valence-electron chi connectivity index (χ4n) is 2.42. The van der Waals surface area contributed by atoms with Crippen molar-refractivity contribution in [3.8, 4) is 6.07 Å². The molecular weight excluding hydrogens is 312 g/mol. The van der Waals surface area contributed by atoms with Crippen LogP contribution in [0, 0.1) is 17.1 Å². The van der Waals surface area contributed by atoms with Crippen LogP contribution in [-0.4, -0.2) is 4.98 Å². The first-order valence-electron chi connectivity index (χ1n) is 6.43. The van der Waals surface area contributed by atoms with Crippen LogP contribution in [-0.2, 0) is 12.8 Å². The summed E-state index contributed by atoms with van der Waals surface area (Å²) in [4.78, 5) is 4.49. The van der Waals surface area contributed by atoms with Gasteiger partial charge >= 0.3 is 0 Å². The molecule has 1 aliphatic rings. The normalized spacial score (nSPS) is 12.9. The number of hydrogen-bond donors (Lipinski definition) is 1. The van der Waals surface area contributed by atoms with Crippen LogP contribution in [0.2, 0.25) is 10.0 Å². The van der Waals surface area contributed by atoms with Crippen molar-refractivity contribution < 1.29 is 4.39 Å². The molecule has 0 unspecified atom stereocenters. The number of halogens is 3. The van der Waals surface area contributed by atoms with E-state index in [2.05, 4.69) is 16.4 Å². The minimum Gasteiger partial charge on any atom is -0.339 e. The largest absolute Gasteiger partial charge is 0.339 e. The van der Waals surface area contributed by atoms with E-state index in [1.54, 1.807) is 0 Å². The van der Waals surface area contributed by atoms with Gasteiger partial charge in [0, 0.05) is 11.4 Å². The summed E-state index contributed by atoms with van der Waals surface area (Å²) >= 11 is 11.5. The Morgan fingerprint density at radius 3 is 2.57 bits per heavy atom. The van der Waals surface area contributed by atoms with Crippen LogP contribution in [0.4, 0.5) is 15.9 Å². The first-order valence-corrected chi connectivity index (χ1v) is 7.18. The smallest absolute Gasteiger partial charge is 0.160 e. The second kappa shape index (κ2) is 5.51. The monoisotopic (exact) mass is 321 g/mol. The van der Waals surface area contributed by atoms with E-state index in [1.165, 1.54) is 12.1 Å². The van der Waals surface area contributed by atoms with Crippen molar-refractivity contribution in [1.82, 2.24) is 4.98 Å². The zero-order valence-corrected chi connectivity index (χ0v) is 12.4. The highest BCUT2D eigenvalue weighted by Crippen LogP contribution is 2.31. The van der Waals surface area contributed by atoms with Gasteiger partial charge in [0.2, 0.25) is 0 Å². The average Bonchev–Trinajstić information content (AvgIpc) is 2.91. The molecule has 0 bridgehead atoms. The number of pyridine rings is 1. The zero-order valence-electron chi connectivity index (χ0n) is 10.9. The number of aryl methyl sites for hydroxylation is 2. The number of rotatable bonds is 2. The lowest BCUT2D eigenvalue weighted by Gasteiger charge is -2.11. The molecular formula is C15H10Cl2FN3. The van der Waals surface area contributed by atoms with Crippen molar-refractivity contribution in [3.63, 3.8) is 0 Å². The molecule has 6 heteroatoms. The van der Waals surface area contributed by atoms with E-state index >= 15 is 0 Å². The van der Waals surface area contributed by atoms with Gasteiger partial charge in [-0.2, -0.15) is 5.26 Å². The number of aromatic nitrogens is 1. The van der Waals surface area contributed by atoms with Gasteiger partial charge in [-0.3, -0.25) is 0 Å². The molecule has 0 saturated heterocycles. The maximum absolute atomic E-state index is 13.4. The van der Waals surface area contributed by atoms with Crippen LogP contribution in [0.25, 0.3) is 0 Å². The predicted molar refractivity (Wildman–Crippen MR) is 80.7 cm³/mol. The first-order chi connectivity index (χ1) is 10.1. The van der Waals surface area contributed by atoms with Gasteiger partial charge in [0.1, 0.15) is 11.9 Å². The summed E-state index contributed by atoms with van der Waals surface area (Å²) in [6.07, 6.45) is 2.90. The molecule has 106 valence electrons. The SMILES string of the molecule is N#Cc1cc2c(nc1Nc1cc(Cl)c(F)c(Cl)c1)CCC2. The second-order valence-corrected chi connectivity index (χ2v) is 5.65. The molecule has 0 fully saturated rings. The Balaban J connectivity index is 2.00. The van der Waals surface area contributed by atoms with Crippen LogP contribution >= 0.6 is 23.2 Å². The van der Waals surface area contributed by atoms with E-state index in [1.807, 2.05) is 6.07 Å². The molecule has 0 amide bonds. The van der Waals surface area contributed by atoms with Crippen molar-refractivity contribution in [2.75, 3.05) is 5.32 Å². The van der Waals surface area contributed by atoms with Crippen molar-refractivity contribution in [2.24, 2.45) is 0 Å². The third-order valence-corrected chi connectivity index (χ3v) is 3.97. The molecule has 21 heavy (non-hydrogen) atoms. The Morgan fingerprint density at radius 1 is 1.19 bits per heavy atom. The van der Waals surface area contributed by atoms with E-state index in [4.69, 9.17) is 23.2 Å². The quantitative estimate of drug-likeness (QED) is 0.820. The van der Waals surface area contributed by atoms with E-state index in [0.29, 0.717) is 17.1 Å². The predicted octanol–water partition coefficient (Wildman–Crippen LogP) is 4.63. The van der Waals surface area contributed by atoms with Gasteiger partial charge in [0.15, 0.2) is 5.82 Å². The Bertz CT molecular complexity index is 745. The van der Waals surface area contributed by atoms with Crippen LogP contribution in [0.15, 0.2) is 18.2 Å². The summed E-state index contributed by atoms with van der Waals surface area (Å²) < 4.78 is 13.4. The zero-order chi connectivity index (χ0) is 15.0. The van der Waals surface area contributed by atoms with Gasteiger partial charge in [0.05, 0.1) is 15.6 Å². The van der Waals surface area contributed by atoms with E-state index < -0.39 is 5.82 Å². The van der Waals surface area contributed by atoms with Crippen LogP contribution in [0.1, 0.15) is 23.2 Å². The fraction of sp³-hybridized carbons (Fsp3) is 0.200. The summed E-state index contributed by atoms with van der Waals surface area (Å²) in [7, 11) is 0. The van der Waals surface area contributed by atoms with Crippen LogP contribution < -0.4 is 5.32 Å². The van der Waals surface area contributed by atoms with Gasteiger partial charge in [-0.15, -0.1) is 0 Å². The topological polar surface area (TPSA) is 48.7 Å². The van der Waals surface area contributed by atoms with E-state index in [9.17, 15) is 9.65 Å². The maximum atomic E-state index is 13.4. The Labute approximate surface area is 131 Å². The average molecular weight is 322 g/mol. The highest BCUT2D eigenvalue weighted by atomic mass is 35.5. The first kappa shape index (κ1) is 14.1. The Hall–Kier alpha value is -1.83. The minimum absolute atomic E-state index is 0.0790. The molecule has 0 spiro atoms. The van der Waals surface area contributed by atoms with Crippen molar-refractivity contribution in [1.29, 1.82) is 5.26 Å². The maximum Gasteiger partial charge on any atom is 0.160 e. The minimum atomic E-state index is -0.661. The van der Waals surface area contributed by atoms with Crippen molar-refractivity contribution in [3.05, 3.63) is 50.9 Å². The summed E-state index contributed by atoms with van der Waals surface area (Å²) in [6, 6.07) is 6.80. The molecule has 1 N–H and O–H groups in total. The number of anilines is 2. The van der Waals surface area contributed by atoms with Crippen molar-refractivity contribution >= 4 is 34.7 Å². The lowest BCUT2D eigenvalue weighted by molar-refractivity contribution is 0.629. The molecule has 1 aliphatic carbocycles. The molecule has 2 aromatic rings. The van der Waals surface area contributed by atoms with Gasteiger partial charge in [-0.1, -0.05) is 23.2 Å². The molecule has 0 aliphatic heterocycles. The molecule has 3 nitrogen and oxygen atoms in total. The third-order valence-electron chi connectivity index (χ3n) is 3.42. The van der Waals surface area contributed by atoms with Gasteiger partial charge < -0.3 is 5.32 Å². The number of hydrogen-bond acceptors (Lipinski definition) is 3. The summed E-state index contributed by atoms with van der Waals surface area (Å²) in [5.41, 5.74) is 3.06. The van der Waals surface area contributed by atoms with Crippen molar-refractivity contribution in [2.45, 2.75) is 19.3 Å². The standard InChI is InChI=1S/C15H10Cl2FN3/c16-11-5-10(6-12(17)14(11)18)20-15-9(7-19)4-8-2-1-3-13(8)21-15/h4-6H,1-3H2,(H,20,21). The highest BCUT2D eigenvalue weighted by molar-refractivity contribution is 6.35. The lowest BCUT2D eigenvalue weighted by atomic mass is 10.1. The van der Waals surface area contributed by atoms with E-state index in [-0.39, 0.29) is 10.0 Å². The number of benzene rings is 1. The third kappa shape index (κ3) is 2.67. The number of fused-ring (bicyclic) bond motifs is 1. The fourth-order valence-corrected chi connectivity index (χ4v) is 2.90. The molecule has 1 aromatic carbocycles. The Morgan fingerprint density at radius 2 is 1.90 bits per heavy atom. The number of nitrogens with one attached hydrogen (secondary N) is 1. The lowest BCUT2D eigenvalue weighted by Crippen LogP contribution is -2.01. The summed E-state index contributed by atoms with van der Waals surface area (Å²) in [6.45, 7) is 0. The van der Waals surface area contributed by atoms with Crippen LogP contribution in [0.3, 0.4) is 0 Å². The van der Waals surface area contributed by atoms with Gasteiger partial charge in [-0.05, 0) is 43.0 Å². The van der Waals surface area contributed by atoms with Gasteiger partial charge in [-0.25, -0.2) is 9.37 Å². The molecule has 3 rings (SSSR count). The van der Waals surface area contributed by atoms with Crippen LogP contribution in [0.5, 0.6) is 0 Å². The molecule has 0 radical (unpaired) electrons. The molecule has 0 atom stereocenters. The summed E-state index contributed by atoms with van der Waals surface area (Å²) in [5.74, 6) is -0.219. The molecule has 1 heterocycles. The number of nitrogens with zero attached hydrogens (tertiary/aromatic N) is 2. The second-order valence-electron chi connectivity index (χ2n) is 4.83. The number of nitriles is 1. The van der Waals surface area contributed by atoms with Gasteiger partial charge in [0.25, 0.3) is 0 Å².